The summed E-state index contributed by atoms with van der Waals surface area (Å²) >= 11 is 3.69. The Bertz CT molecular complexity index is 4940. The Balaban J connectivity index is 0.878. The molecule has 0 fully saturated rings. The van der Waals surface area contributed by atoms with Crippen molar-refractivity contribution in [2.24, 2.45) is 0 Å². The molecule has 0 N–H and O–H groups in total. The van der Waals surface area contributed by atoms with Crippen LogP contribution in [0.25, 0.3) is 140 Å². The molecule has 10 aromatic carbocycles. The van der Waals surface area contributed by atoms with Crippen LogP contribution in [0.15, 0.2) is 243 Å². The maximum atomic E-state index is 5.44. The largest absolute Gasteiger partial charge is 0.309 e. The highest BCUT2D eigenvalue weighted by atomic mass is 32.1. The van der Waals surface area contributed by atoms with Crippen LogP contribution in [0.4, 0.5) is 0 Å². The van der Waals surface area contributed by atoms with Gasteiger partial charge in [0, 0.05) is 108 Å². The van der Waals surface area contributed by atoms with Gasteiger partial charge in [-0.2, -0.15) is 0 Å². The van der Waals surface area contributed by atoms with Gasteiger partial charge in [-0.05, 0) is 77.9 Å². The average Bonchev–Trinajstić information content (AvgIpc) is 4.38. The molecule has 0 aliphatic carbocycles. The zero-order valence-electron chi connectivity index (χ0n) is 41.3. The van der Waals surface area contributed by atoms with Crippen LogP contribution in [-0.4, -0.2) is 29.1 Å². The SMILES string of the molecule is c1ccc(-c2nc(Cc3cc(-c4ccc5c(c4)sc4ccc6c7ccccc7n(-c7ccccc7)c6c45)cnc3-c3ccc4c(c3)sc3ccc5c6ccccc6n(-c6ccccc6)c5c34)nc(-c3ccccc3)n2)cc1. The Hall–Kier alpha value is -9.60. The van der Waals surface area contributed by atoms with Gasteiger partial charge < -0.3 is 9.13 Å². The number of nitrogens with zero attached hydrogens (tertiary/aromatic N) is 6. The number of fused-ring (bicyclic) bond motifs is 14. The highest BCUT2D eigenvalue weighted by molar-refractivity contribution is 7.26. The summed E-state index contributed by atoms with van der Waals surface area (Å²) in [5.41, 5.74) is 14.2. The van der Waals surface area contributed by atoms with E-state index in [2.05, 4.69) is 209 Å². The van der Waals surface area contributed by atoms with Crippen molar-refractivity contribution in [3.8, 4) is 56.5 Å². The van der Waals surface area contributed by atoms with Gasteiger partial charge in [-0.3, -0.25) is 4.98 Å². The fourth-order valence-corrected chi connectivity index (χ4v) is 14.1. The van der Waals surface area contributed by atoms with Crippen LogP contribution in [0.1, 0.15) is 11.4 Å². The molecule has 16 aromatic rings. The number of hydrogen-bond acceptors (Lipinski definition) is 6. The smallest absolute Gasteiger partial charge is 0.163 e. The van der Waals surface area contributed by atoms with Crippen LogP contribution in [-0.2, 0) is 6.42 Å². The normalized spacial score (nSPS) is 11.9. The average molecular weight is 1020 g/mol. The lowest BCUT2D eigenvalue weighted by Gasteiger charge is -2.13. The highest BCUT2D eigenvalue weighted by Gasteiger charge is 2.22. The van der Waals surface area contributed by atoms with E-state index in [9.17, 15) is 0 Å². The van der Waals surface area contributed by atoms with Crippen LogP contribution < -0.4 is 0 Å². The molecule has 6 aromatic heterocycles. The summed E-state index contributed by atoms with van der Waals surface area (Å²) in [4.78, 5) is 20.9. The monoisotopic (exact) mass is 1020 g/mol. The topological polar surface area (TPSA) is 61.4 Å². The number of rotatable bonds is 8. The third kappa shape index (κ3) is 7.07. The predicted octanol–water partition coefficient (Wildman–Crippen LogP) is 18.5. The molecular formula is C69H42N6S2. The van der Waals surface area contributed by atoms with Crippen molar-refractivity contribution in [2.75, 3.05) is 0 Å². The van der Waals surface area contributed by atoms with Crippen molar-refractivity contribution in [3.63, 3.8) is 0 Å². The first kappa shape index (κ1) is 43.8. The molecule has 0 unspecified atom stereocenters. The quantitative estimate of drug-likeness (QED) is 0.152. The molecule has 6 heterocycles. The standard InChI is InChI=1S/C69H42N6S2/c1-5-17-42(18-6-1)68-71-62(72-69(73-68)43-19-7-2-8-20-43)40-46-37-47(44-29-31-54-60(38-44)76-58-35-33-52-50-25-13-15-27-56(50)74(66(52)63(54)58)48-21-9-3-10-22-48)41-70-65(46)45-30-32-55-61(39-45)77-59-36-34-53-51-26-14-16-28-57(51)75(67(53)64(55)59)49-23-11-4-12-24-49/h1-39,41H,40H2. The fourth-order valence-electron chi connectivity index (χ4n) is 11.8. The van der Waals surface area contributed by atoms with Gasteiger partial charge in [0.2, 0.25) is 0 Å². The van der Waals surface area contributed by atoms with Gasteiger partial charge in [-0.15, -0.1) is 22.7 Å². The highest BCUT2D eigenvalue weighted by Crippen LogP contribution is 2.46. The van der Waals surface area contributed by atoms with E-state index in [1.807, 2.05) is 65.3 Å². The summed E-state index contributed by atoms with van der Waals surface area (Å²) in [6.45, 7) is 0. The molecule has 8 heteroatoms. The summed E-state index contributed by atoms with van der Waals surface area (Å²) in [7, 11) is 0. The summed E-state index contributed by atoms with van der Waals surface area (Å²) in [5, 5.41) is 10.0. The minimum absolute atomic E-state index is 0.438. The zero-order valence-corrected chi connectivity index (χ0v) is 42.9. The molecular weight excluding hydrogens is 977 g/mol. The van der Waals surface area contributed by atoms with Gasteiger partial charge in [0.1, 0.15) is 5.82 Å². The number of thiophene rings is 2. The van der Waals surface area contributed by atoms with Crippen LogP contribution in [0.5, 0.6) is 0 Å². The van der Waals surface area contributed by atoms with E-state index in [-0.39, 0.29) is 0 Å². The maximum absolute atomic E-state index is 5.44. The first-order valence-corrected chi connectivity index (χ1v) is 27.5. The van der Waals surface area contributed by atoms with E-state index in [0.29, 0.717) is 23.9 Å². The van der Waals surface area contributed by atoms with E-state index in [1.165, 1.54) is 84.0 Å². The molecule has 0 saturated carbocycles. The van der Waals surface area contributed by atoms with Crippen LogP contribution in [0.2, 0.25) is 0 Å². The summed E-state index contributed by atoms with van der Waals surface area (Å²) in [5.74, 6) is 1.96. The fraction of sp³-hybridized carbons (Fsp3) is 0.0145. The van der Waals surface area contributed by atoms with E-state index < -0.39 is 0 Å². The second-order valence-electron chi connectivity index (χ2n) is 19.7. The first-order valence-electron chi connectivity index (χ1n) is 25.9. The third-order valence-electron chi connectivity index (χ3n) is 15.2. The van der Waals surface area contributed by atoms with Crippen LogP contribution in [0.3, 0.4) is 0 Å². The van der Waals surface area contributed by atoms with Gasteiger partial charge in [0.15, 0.2) is 11.6 Å². The second kappa shape index (κ2) is 17.5. The lowest BCUT2D eigenvalue weighted by atomic mass is 9.97. The Morgan fingerprint density at radius 3 is 1.32 bits per heavy atom. The molecule has 0 amide bonds. The van der Waals surface area contributed by atoms with Crippen LogP contribution in [0, 0.1) is 0 Å². The van der Waals surface area contributed by atoms with Gasteiger partial charge in [-0.1, -0.05) is 170 Å². The lowest BCUT2D eigenvalue weighted by Crippen LogP contribution is -2.05. The molecule has 0 atom stereocenters. The Morgan fingerprint density at radius 2 is 0.792 bits per heavy atom. The molecule has 360 valence electrons. The van der Waals surface area contributed by atoms with Gasteiger partial charge in [0.05, 0.1) is 27.8 Å². The molecule has 16 rings (SSSR count). The number of aromatic nitrogens is 6. The van der Waals surface area contributed by atoms with Gasteiger partial charge in [0.25, 0.3) is 0 Å². The van der Waals surface area contributed by atoms with Crippen LogP contribution >= 0.6 is 22.7 Å². The Kier molecular flexibility index (Phi) is 9.95. The summed E-state index contributed by atoms with van der Waals surface area (Å²) < 4.78 is 9.83. The molecule has 6 nitrogen and oxygen atoms in total. The Labute approximate surface area is 450 Å². The van der Waals surface area contributed by atoms with E-state index >= 15 is 0 Å². The van der Waals surface area contributed by atoms with Crippen molar-refractivity contribution in [2.45, 2.75) is 6.42 Å². The molecule has 0 saturated heterocycles. The molecule has 0 bridgehead atoms. The van der Waals surface area contributed by atoms with E-state index in [0.717, 1.165) is 50.4 Å². The zero-order chi connectivity index (χ0) is 50.6. The van der Waals surface area contributed by atoms with Crippen molar-refractivity contribution in [1.82, 2.24) is 29.1 Å². The van der Waals surface area contributed by atoms with Crippen molar-refractivity contribution in [3.05, 3.63) is 254 Å². The van der Waals surface area contributed by atoms with Crippen molar-refractivity contribution in [1.29, 1.82) is 0 Å². The molecule has 0 aliphatic heterocycles. The Morgan fingerprint density at radius 1 is 0.338 bits per heavy atom. The predicted molar refractivity (Wildman–Crippen MR) is 323 cm³/mol. The van der Waals surface area contributed by atoms with Crippen molar-refractivity contribution < 1.29 is 0 Å². The maximum Gasteiger partial charge on any atom is 0.163 e. The van der Waals surface area contributed by atoms with E-state index in [1.54, 1.807) is 0 Å². The molecule has 77 heavy (non-hydrogen) atoms. The number of para-hydroxylation sites is 4. The number of pyridine rings is 1. The lowest BCUT2D eigenvalue weighted by molar-refractivity contribution is 0.930. The molecule has 0 spiro atoms. The van der Waals surface area contributed by atoms with Gasteiger partial charge >= 0.3 is 0 Å². The summed E-state index contributed by atoms with van der Waals surface area (Å²) in [6, 6.07) is 84.8. The number of hydrogen-bond donors (Lipinski definition) is 0. The molecule has 0 aliphatic rings. The second-order valence-corrected chi connectivity index (χ2v) is 21.9. The minimum atomic E-state index is 0.438. The van der Waals surface area contributed by atoms with E-state index in [4.69, 9.17) is 19.9 Å². The minimum Gasteiger partial charge on any atom is -0.309 e. The van der Waals surface area contributed by atoms with Gasteiger partial charge in [-0.25, -0.2) is 15.0 Å². The summed E-state index contributed by atoms with van der Waals surface area (Å²) in [6.07, 6.45) is 2.49. The first-order chi connectivity index (χ1) is 38.2. The number of benzene rings is 10. The molecule has 0 radical (unpaired) electrons. The third-order valence-corrected chi connectivity index (χ3v) is 17.5. The van der Waals surface area contributed by atoms with Crippen molar-refractivity contribution >= 4 is 107 Å².